The lowest BCUT2D eigenvalue weighted by Gasteiger charge is -2.19. The summed E-state index contributed by atoms with van der Waals surface area (Å²) in [5.41, 5.74) is 4.63. The maximum absolute atomic E-state index is 13.9. The highest BCUT2D eigenvalue weighted by Gasteiger charge is 2.19. The summed E-state index contributed by atoms with van der Waals surface area (Å²) in [5, 5.41) is 5.59. The summed E-state index contributed by atoms with van der Waals surface area (Å²) in [5.74, 6) is 5.48. The standard InChI is InChI=1S/C15H15FN4/c1-20-14(8-9-18-20)15(19-17)12-6-7-13(16)11-5-3-2-4-10(11)12/h2-9,15,19H,17H2,1H3. The summed E-state index contributed by atoms with van der Waals surface area (Å²) < 4.78 is 15.6. The summed E-state index contributed by atoms with van der Waals surface area (Å²) >= 11 is 0. The van der Waals surface area contributed by atoms with Crippen molar-refractivity contribution < 1.29 is 4.39 Å². The molecule has 0 aliphatic carbocycles. The zero-order valence-corrected chi connectivity index (χ0v) is 11.0. The van der Waals surface area contributed by atoms with Crippen molar-refractivity contribution >= 4 is 10.8 Å². The number of nitrogens with two attached hydrogens (primary N) is 1. The van der Waals surface area contributed by atoms with Crippen molar-refractivity contribution in [3.63, 3.8) is 0 Å². The second-order valence-corrected chi connectivity index (χ2v) is 4.66. The molecule has 3 N–H and O–H groups in total. The maximum atomic E-state index is 13.9. The van der Waals surface area contributed by atoms with Crippen molar-refractivity contribution in [2.45, 2.75) is 6.04 Å². The molecule has 0 saturated carbocycles. The van der Waals surface area contributed by atoms with E-state index in [0.29, 0.717) is 5.39 Å². The van der Waals surface area contributed by atoms with Crippen LogP contribution in [0.1, 0.15) is 17.3 Å². The Morgan fingerprint density at radius 1 is 1.15 bits per heavy atom. The third-order valence-electron chi connectivity index (χ3n) is 3.54. The minimum absolute atomic E-state index is 0.231. The molecule has 1 atom stereocenters. The molecule has 1 heterocycles. The minimum Gasteiger partial charge on any atom is -0.271 e. The van der Waals surface area contributed by atoms with Crippen molar-refractivity contribution in [3.05, 3.63) is 65.7 Å². The van der Waals surface area contributed by atoms with E-state index in [2.05, 4.69) is 10.5 Å². The number of aromatic nitrogens is 2. The Kier molecular flexibility index (Phi) is 3.22. The monoisotopic (exact) mass is 270 g/mol. The highest BCUT2D eigenvalue weighted by molar-refractivity contribution is 5.87. The van der Waals surface area contributed by atoms with Gasteiger partial charge in [0.25, 0.3) is 0 Å². The van der Waals surface area contributed by atoms with Crippen molar-refractivity contribution in [2.75, 3.05) is 0 Å². The average molecular weight is 270 g/mol. The molecule has 20 heavy (non-hydrogen) atoms. The van der Waals surface area contributed by atoms with Crippen LogP contribution in [-0.4, -0.2) is 9.78 Å². The number of fused-ring (bicyclic) bond motifs is 1. The molecule has 0 spiro atoms. The number of rotatable bonds is 3. The van der Waals surface area contributed by atoms with Crippen molar-refractivity contribution in [1.82, 2.24) is 15.2 Å². The van der Waals surface area contributed by atoms with Gasteiger partial charge in [0.05, 0.1) is 11.7 Å². The Balaban J connectivity index is 2.23. The molecule has 1 aromatic heterocycles. The summed E-state index contributed by atoms with van der Waals surface area (Å²) in [6, 6.07) is 12.3. The second-order valence-electron chi connectivity index (χ2n) is 4.66. The molecule has 1 unspecified atom stereocenters. The third kappa shape index (κ3) is 1.97. The van der Waals surface area contributed by atoms with E-state index in [1.165, 1.54) is 6.07 Å². The Hall–Kier alpha value is -2.24. The first-order valence-corrected chi connectivity index (χ1v) is 6.33. The van der Waals surface area contributed by atoms with Crippen molar-refractivity contribution in [2.24, 2.45) is 12.9 Å². The zero-order chi connectivity index (χ0) is 14.1. The lowest BCUT2D eigenvalue weighted by molar-refractivity contribution is 0.576. The molecule has 2 aromatic carbocycles. The van der Waals surface area contributed by atoms with Gasteiger partial charge in [-0.05, 0) is 23.1 Å². The van der Waals surface area contributed by atoms with Crippen LogP contribution in [0.5, 0.6) is 0 Å². The molecule has 5 heteroatoms. The van der Waals surface area contributed by atoms with E-state index in [1.807, 2.05) is 31.3 Å². The number of benzene rings is 2. The van der Waals surface area contributed by atoms with Crippen LogP contribution in [0.4, 0.5) is 4.39 Å². The third-order valence-corrected chi connectivity index (χ3v) is 3.54. The molecule has 0 fully saturated rings. The van der Waals surface area contributed by atoms with E-state index in [9.17, 15) is 4.39 Å². The van der Waals surface area contributed by atoms with Gasteiger partial charge in [-0.1, -0.05) is 30.3 Å². The van der Waals surface area contributed by atoms with Gasteiger partial charge in [0.2, 0.25) is 0 Å². The molecular formula is C15H15FN4. The lowest BCUT2D eigenvalue weighted by Crippen LogP contribution is -2.30. The first kappa shape index (κ1) is 12.8. The maximum Gasteiger partial charge on any atom is 0.131 e. The fourth-order valence-electron chi connectivity index (χ4n) is 2.54. The van der Waals surface area contributed by atoms with E-state index in [-0.39, 0.29) is 11.9 Å². The number of aryl methyl sites for hydroxylation is 1. The number of hydrogen-bond acceptors (Lipinski definition) is 3. The van der Waals surface area contributed by atoms with Gasteiger partial charge in [0, 0.05) is 18.6 Å². The van der Waals surface area contributed by atoms with Gasteiger partial charge in [-0.3, -0.25) is 10.5 Å². The van der Waals surface area contributed by atoms with Crippen LogP contribution >= 0.6 is 0 Å². The molecule has 0 bridgehead atoms. The molecule has 0 saturated heterocycles. The van der Waals surface area contributed by atoms with Gasteiger partial charge in [-0.2, -0.15) is 5.10 Å². The highest BCUT2D eigenvalue weighted by atomic mass is 19.1. The van der Waals surface area contributed by atoms with Gasteiger partial charge in [-0.25, -0.2) is 9.82 Å². The topological polar surface area (TPSA) is 55.9 Å². The van der Waals surface area contributed by atoms with E-state index >= 15 is 0 Å². The van der Waals surface area contributed by atoms with Crippen LogP contribution in [0, 0.1) is 5.82 Å². The fourth-order valence-corrected chi connectivity index (χ4v) is 2.54. The summed E-state index contributed by atoms with van der Waals surface area (Å²) in [6.07, 6.45) is 1.71. The Bertz CT molecular complexity index is 750. The number of halogens is 1. The predicted molar refractivity (Wildman–Crippen MR) is 76.3 cm³/mol. The molecule has 4 nitrogen and oxygen atoms in total. The van der Waals surface area contributed by atoms with Crippen LogP contribution in [0.2, 0.25) is 0 Å². The van der Waals surface area contributed by atoms with Crippen LogP contribution in [0.25, 0.3) is 10.8 Å². The van der Waals surface area contributed by atoms with Crippen LogP contribution in [-0.2, 0) is 7.05 Å². The average Bonchev–Trinajstić information content (AvgIpc) is 2.89. The molecule has 0 aliphatic heterocycles. The largest absolute Gasteiger partial charge is 0.271 e. The number of nitrogens with zero attached hydrogens (tertiary/aromatic N) is 2. The molecular weight excluding hydrogens is 255 g/mol. The van der Waals surface area contributed by atoms with E-state index < -0.39 is 0 Å². The Morgan fingerprint density at radius 2 is 1.90 bits per heavy atom. The van der Waals surface area contributed by atoms with E-state index in [0.717, 1.165) is 16.6 Å². The molecule has 0 aliphatic rings. The fraction of sp³-hybridized carbons (Fsp3) is 0.133. The Labute approximate surface area is 116 Å². The zero-order valence-electron chi connectivity index (χ0n) is 11.0. The molecule has 3 rings (SSSR count). The van der Waals surface area contributed by atoms with Crippen LogP contribution < -0.4 is 11.3 Å². The summed E-state index contributed by atoms with van der Waals surface area (Å²) in [7, 11) is 1.85. The SMILES string of the molecule is Cn1nccc1C(NN)c1ccc(F)c2ccccc12. The van der Waals surface area contributed by atoms with Gasteiger partial charge in [0.15, 0.2) is 0 Å². The predicted octanol–water partition coefficient (Wildman–Crippen LogP) is 2.27. The molecule has 0 amide bonds. The summed E-state index contributed by atoms with van der Waals surface area (Å²) in [6.45, 7) is 0. The van der Waals surface area contributed by atoms with E-state index in [1.54, 1.807) is 23.0 Å². The molecule has 3 aromatic rings. The van der Waals surface area contributed by atoms with Crippen molar-refractivity contribution in [3.8, 4) is 0 Å². The Morgan fingerprint density at radius 3 is 2.55 bits per heavy atom. The van der Waals surface area contributed by atoms with Crippen LogP contribution in [0.3, 0.4) is 0 Å². The van der Waals surface area contributed by atoms with Gasteiger partial charge in [0.1, 0.15) is 5.82 Å². The van der Waals surface area contributed by atoms with Crippen LogP contribution in [0.15, 0.2) is 48.7 Å². The summed E-state index contributed by atoms with van der Waals surface area (Å²) in [4.78, 5) is 0. The normalized spacial score (nSPS) is 12.8. The molecule has 0 radical (unpaired) electrons. The number of nitrogens with one attached hydrogen (secondary N) is 1. The highest BCUT2D eigenvalue weighted by Crippen LogP contribution is 2.29. The number of hydrogen-bond donors (Lipinski definition) is 2. The van der Waals surface area contributed by atoms with Gasteiger partial charge >= 0.3 is 0 Å². The quantitative estimate of drug-likeness (QED) is 0.567. The first-order valence-electron chi connectivity index (χ1n) is 6.33. The molecule has 102 valence electrons. The minimum atomic E-state index is -0.243. The van der Waals surface area contributed by atoms with Gasteiger partial charge < -0.3 is 0 Å². The first-order chi connectivity index (χ1) is 9.72. The lowest BCUT2D eigenvalue weighted by atomic mass is 9.97. The number of hydrazine groups is 1. The smallest absolute Gasteiger partial charge is 0.131 e. The van der Waals surface area contributed by atoms with E-state index in [4.69, 9.17) is 5.84 Å². The second kappa shape index (κ2) is 5.03. The van der Waals surface area contributed by atoms with Gasteiger partial charge in [-0.15, -0.1) is 0 Å². The van der Waals surface area contributed by atoms with Crippen molar-refractivity contribution in [1.29, 1.82) is 0 Å².